The highest BCUT2D eigenvalue weighted by atomic mass is 19.1. The highest BCUT2D eigenvalue weighted by molar-refractivity contribution is 5.32. The lowest BCUT2D eigenvalue weighted by Gasteiger charge is -2.44. The summed E-state index contributed by atoms with van der Waals surface area (Å²) >= 11 is 0. The number of benzene rings is 1. The molecule has 106 valence electrons. The first-order valence-corrected chi connectivity index (χ1v) is 7.12. The van der Waals surface area contributed by atoms with Gasteiger partial charge in [-0.25, -0.2) is 4.39 Å². The topological polar surface area (TPSA) is 15.3 Å². The van der Waals surface area contributed by atoms with Gasteiger partial charge in [0.1, 0.15) is 5.82 Å². The van der Waals surface area contributed by atoms with Gasteiger partial charge in [0.15, 0.2) is 0 Å². The molecule has 1 aromatic rings. The Labute approximate surface area is 116 Å². The minimum atomic E-state index is -0.146. The van der Waals surface area contributed by atoms with Gasteiger partial charge in [-0.15, -0.1) is 0 Å². The minimum Gasteiger partial charge on any atom is -0.311 e. The molecule has 0 saturated heterocycles. The molecule has 2 rings (SSSR count). The maximum Gasteiger partial charge on any atom is 0.123 e. The van der Waals surface area contributed by atoms with E-state index in [2.05, 4.69) is 31.2 Å². The average Bonchev–Trinajstić information content (AvgIpc) is 2.85. The van der Waals surface area contributed by atoms with Gasteiger partial charge >= 0.3 is 0 Å². The first-order chi connectivity index (χ1) is 9.01. The lowest BCUT2D eigenvalue weighted by Crippen LogP contribution is -2.51. The highest BCUT2D eigenvalue weighted by Crippen LogP contribution is 2.44. The Bertz CT molecular complexity index is 436. The summed E-state index contributed by atoms with van der Waals surface area (Å²) in [4.78, 5) is 2.32. The Morgan fingerprint density at radius 2 is 1.89 bits per heavy atom. The third kappa shape index (κ3) is 2.54. The monoisotopic (exact) mass is 264 g/mol. The molecule has 3 heteroatoms. The van der Waals surface area contributed by atoms with Crippen molar-refractivity contribution in [3.05, 3.63) is 35.1 Å². The van der Waals surface area contributed by atoms with E-state index in [1.807, 2.05) is 13.1 Å². The fourth-order valence-electron chi connectivity index (χ4n) is 3.62. The quantitative estimate of drug-likeness (QED) is 0.898. The van der Waals surface area contributed by atoms with Gasteiger partial charge < -0.3 is 10.2 Å². The van der Waals surface area contributed by atoms with Crippen molar-refractivity contribution in [1.29, 1.82) is 0 Å². The summed E-state index contributed by atoms with van der Waals surface area (Å²) in [6.07, 6.45) is 4.85. The van der Waals surface area contributed by atoms with Gasteiger partial charge in [-0.3, -0.25) is 0 Å². The molecule has 1 aromatic carbocycles. The first-order valence-electron chi connectivity index (χ1n) is 7.12. The summed E-state index contributed by atoms with van der Waals surface area (Å²) in [6.45, 7) is 2.07. The van der Waals surface area contributed by atoms with Gasteiger partial charge in [0.25, 0.3) is 0 Å². The zero-order valence-electron chi connectivity index (χ0n) is 12.5. The second kappa shape index (κ2) is 5.59. The molecule has 0 radical (unpaired) electrons. The number of rotatable bonds is 4. The molecule has 0 bridgehead atoms. The number of nitrogens with zero attached hydrogens (tertiary/aromatic N) is 1. The summed E-state index contributed by atoms with van der Waals surface area (Å²) in [5, 5.41) is 3.44. The van der Waals surface area contributed by atoms with E-state index in [4.69, 9.17) is 0 Å². The molecule has 0 aliphatic heterocycles. The first kappa shape index (κ1) is 14.5. The van der Waals surface area contributed by atoms with E-state index in [1.54, 1.807) is 12.1 Å². The van der Waals surface area contributed by atoms with Crippen LogP contribution in [0.25, 0.3) is 0 Å². The van der Waals surface area contributed by atoms with Gasteiger partial charge in [-0.2, -0.15) is 0 Å². The van der Waals surface area contributed by atoms with Crippen molar-refractivity contribution >= 4 is 0 Å². The Hall–Kier alpha value is -0.930. The molecule has 1 fully saturated rings. The number of nitrogens with one attached hydrogen (secondary N) is 1. The lowest BCUT2D eigenvalue weighted by molar-refractivity contribution is 0.108. The summed E-state index contributed by atoms with van der Waals surface area (Å²) in [7, 11) is 6.27. The predicted molar refractivity (Wildman–Crippen MR) is 77.8 cm³/mol. The van der Waals surface area contributed by atoms with E-state index in [1.165, 1.54) is 25.7 Å². The zero-order chi connectivity index (χ0) is 14.0. The van der Waals surface area contributed by atoms with Crippen molar-refractivity contribution in [2.45, 2.75) is 44.2 Å². The van der Waals surface area contributed by atoms with Gasteiger partial charge in [0.2, 0.25) is 0 Å². The maximum absolute atomic E-state index is 13.6. The second-order valence-corrected chi connectivity index (χ2v) is 5.93. The fourth-order valence-corrected chi connectivity index (χ4v) is 3.62. The third-order valence-electron chi connectivity index (χ3n) is 4.74. The van der Waals surface area contributed by atoms with E-state index in [0.29, 0.717) is 0 Å². The SMILES string of the molecule is CNC(c1cc(F)ccc1C)C1(N(C)C)CCCC1. The molecular formula is C16H25FN2. The number of hydrogen-bond acceptors (Lipinski definition) is 2. The second-order valence-electron chi connectivity index (χ2n) is 5.93. The zero-order valence-corrected chi connectivity index (χ0v) is 12.5. The van der Waals surface area contributed by atoms with Crippen LogP contribution in [-0.4, -0.2) is 31.6 Å². The molecule has 0 heterocycles. The van der Waals surface area contributed by atoms with Crippen LogP contribution in [0.3, 0.4) is 0 Å². The van der Waals surface area contributed by atoms with Crippen molar-refractivity contribution in [2.24, 2.45) is 0 Å². The fraction of sp³-hybridized carbons (Fsp3) is 0.625. The summed E-state index contributed by atoms with van der Waals surface area (Å²) in [5.41, 5.74) is 2.36. The van der Waals surface area contributed by atoms with Crippen molar-refractivity contribution in [1.82, 2.24) is 10.2 Å². The van der Waals surface area contributed by atoms with Gasteiger partial charge in [0, 0.05) is 5.54 Å². The highest BCUT2D eigenvalue weighted by Gasteiger charge is 2.43. The molecular weight excluding hydrogens is 239 g/mol. The van der Waals surface area contributed by atoms with Crippen LogP contribution in [0.4, 0.5) is 4.39 Å². The summed E-state index contributed by atoms with van der Waals surface area (Å²) < 4.78 is 13.6. The van der Waals surface area contributed by atoms with Crippen LogP contribution < -0.4 is 5.32 Å². The number of aryl methyl sites for hydroxylation is 1. The molecule has 1 saturated carbocycles. The molecule has 1 unspecified atom stereocenters. The van der Waals surface area contributed by atoms with Crippen molar-refractivity contribution in [3.8, 4) is 0 Å². The van der Waals surface area contributed by atoms with E-state index >= 15 is 0 Å². The lowest BCUT2D eigenvalue weighted by atomic mass is 9.81. The normalized spacial score (nSPS) is 19.9. The van der Waals surface area contributed by atoms with Crippen LogP contribution in [0, 0.1) is 12.7 Å². The Kier molecular flexibility index (Phi) is 4.26. The third-order valence-corrected chi connectivity index (χ3v) is 4.74. The van der Waals surface area contributed by atoms with Crippen LogP contribution in [0.1, 0.15) is 42.9 Å². The van der Waals surface area contributed by atoms with Crippen molar-refractivity contribution in [3.63, 3.8) is 0 Å². The van der Waals surface area contributed by atoms with E-state index in [0.717, 1.165) is 11.1 Å². The smallest absolute Gasteiger partial charge is 0.123 e. The molecule has 1 atom stereocenters. The van der Waals surface area contributed by atoms with Gasteiger partial charge in [-0.05, 0) is 64.2 Å². The number of halogens is 1. The summed E-state index contributed by atoms with van der Waals surface area (Å²) in [5.74, 6) is -0.146. The van der Waals surface area contributed by atoms with E-state index in [-0.39, 0.29) is 17.4 Å². The van der Waals surface area contributed by atoms with Gasteiger partial charge in [0.05, 0.1) is 6.04 Å². The van der Waals surface area contributed by atoms with Crippen LogP contribution in [-0.2, 0) is 0 Å². The molecule has 1 aliphatic carbocycles. The Balaban J connectivity index is 2.45. The van der Waals surface area contributed by atoms with Gasteiger partial charge in [-0.1, -0.05) is 18.9 Å². The van der Waals surface area contributed by atoms with Crippen molar-refractivity contribution < 1.29 is 4.39 Å². The molecule has 0 spiro atoms. The molecule has 1 N–H and O–H groups in total. The number of hydrogen-bond donors (Lipinski definition) is 1. The van der Waals surface area contributed by atoms with E-state index < -0.39 is 0 Å². The standard InChI is InChI=1S/C16H25FN2/c1-12-7-8-13(17)11-14(12)15(18-2)16(19(3)4)9-5-6-10-16/h7-8,11,15,18H,5-6,9-10H2,1-4H3. The predicted octanol–water partition coefficient (Wildman–Crippen LogP) is 3.27. The van der Waals surface area contributed by atoms with Crippen LogP contribution in [0.5, 0.6) is 0 Å². The molecule has 0 aromatic heterocycles. The molecule has 2 nitrogen and oxygen atoms in total. The largest absolute Gasteiger partial charge is 0.311 e. The maximum atomic E-state index is 13.6. The Morgan fingerprint density at radius 1 is 1.26 bits per heavy atom. The van der Waals surface area contributed by atoms with Crippen LogP contribution in [0.15, 0.2) is 18.2 Å². The molecule has 0 amide bonds. The Morgan fingerprint density at radius 3 is 2.42 bits per heavy atom. The van der Waals surface area contributed by atoms with E-state index in [9.17, 15) is 4.39 Å². The average molecular weight is 264 g/mol. The number of likely N-dealkylation sites (N-methyl/N-ethyl adjacent to an activating group) is 2. The summed E-state index contributed by atoms with van der Waals surface area (Å²) in [6, 6.07) is 5.30. The molecule has 1 aliphatic rings. The molecule has 19 heavy (non-hydrogen) atoms. The van der Waals surface area contributed by atoms with Crippen LogP contribution in [0.2, 0.25) is 0 Å². The van der Waals surface area contributed by atoms with Crippen LogP contribution >= 0.6 is 0 Å². The van der Waals surface area contributed by atoms with Crippen molar-refractivity contribution in [2.75, 3.05) is 21.1 Å². The minimum absolute atomic E-state index is 0.104.